The summed E-state index contributed by atoms with van der Waals surface area (Å²) in [6, 6.07) is 10.6. The fourth-order valence-corrected chi connectivity index (χ4v) is 5.65. The third-order valence-electron chi connectivity index (χ3n) is 7.60. The lowest BCUT2D eigenvalue weighted by atomic mass is 9.87. The lowest BCUT2D eigenvalue weighted by Crippen LogP contribution is -2.68. The molecule has 0 radical (unpaired) electrons. The van der Waals surface area contributed by atoms with Gasteiger partial charge in [0.05, 0.1) is 18.7 Å². The molecule has 1 spiro atoms. The van der Waals surface area contributed by atoms with Crippen molar-refractivity contribution in [3.05, 3.63) is 35.9 Å². The van der Waals surface area contributed by atoms with Gasteiger partial charge in [-0.15, -0.1) is 0 Å². The van der Waals surface area contributed by atoms with Gasteiger partial charge in [-0.25, -0.2) is 0 Å². The molecule has 3 saturated heterocycles. The highest BCUT2D eigenvalue weighted by atomic mass is 16.5. The van der Waals surface area contributed by atoms with Gasteiger partial charge in [0, 0.05) is 44.7 Å². The van der Waals surface area contributed by atoms with Gasteiger partial charge in [0.15, 0.2) is 0 Å². The van der Waals surface area contributed by atoms with Crippen LogP contribution < -0.4 is 0 Å². The van der Waals surface area contributed by atoms with E-state index in [1.807, 2.05) is 23.1 Å². The van der Waals surface area contributed by atoms with E-state index in [-0.39, 0.29) is 17.4 Å². The molecule has 0 bridgehead atoms. The van der Waals surface area contributed by atoms with E-state index in [4.69, 9.17) is 4.74 Å². The standard InChI is InChI=1S/C25H37N3O3/c1-3-21(4-2)24(30)26-13-10-22(11-14-26)28-17-23(29)27(16-20-8-6-5-7-9-20)18-25(28)12-15-31-19-25/h5-9,21-22H,3-4,10-19H2,1-2H3. The van der Waals surface area contributed by atoms with Crippen LogP contribution in [0.1, 0.15) is 51.5 Å². The van der Waals surface area contributed by atoms with Gasteiger partial charge in [0.2, 0.25) is 11.8 Å². The second-order valence-corrected chi connectivity index (χ2v) is 9.46. The van der Waals surface area contributed by atoms with Crippen molar-refractivity contribution in [1.82, 2.24) is 14.7 Å². The third-order valence-corrected chi connectivity index (χ3v) is 7.60. The summed E-state index contributed by atoms with van der Waals surface area (Å²) in [7, 11) is 0. The van der Waals surface area contributed by atoms with Crippen molar-refractivity contribution in [3.8, 4) is 0 Å². The Bertz CT molecular complexity index is 751. The van der Waals surface area contributed by atoms with E-state index in [1.54, 1.807) is 0 Å². The van der Waals surface area contributed by atoms with Gasteiger partial charge in [0.1, 0.15) is 0 Å². The molecule has 0 saturated carbocycles. The number of rotatable bonds is 6. The Hall–Kier alpha value is -1.92. The van der Waals surface area contributed by atoms with Crippen LogP contribution in [0.3, 0.4) is 0 Å². The summed E-state index contributed by atoms with van der Waals surface area (Å²) < 4.78 is 5.87. The smallest absolute Gasteiger partial charge is 0.237 e. The Kier molecular flexibility index (Phi) is 6.97. The summed E-state index contributed by atoms with van der Waals surface area (Å²) in [6.45, 7) is 9.11. The van der Waals surface area contributed by atoms with E-state index < -0.39 is 0 Å². The number of amides is 2. The van der Waals surface area contributed by atoms with E-state index in [0.717, 1.165) is 58.3 Å². The molecule has 4 rings (SSSR count). The lowest BCUT2D eigenvalue weighted by molar-refractivity contribution is -0.150. The van der Waals surface area contributed by atoms with Crippen LogP contribution in [0.15, 0.2) is 30.3 Å². The first-order valence-corrected chi connectivity index (χ1v) is 12.0. The Morgan fingerprint density at radius 3 is 2.48 bits per heavy atom. The maximum Gasteiger partial charge on any atom is 0.237 e. The molecule has 0 aromatic heterocycles. The molecule has 3 aliphatic heterocycles. The van der Waals surface area contributed by atoms with Crippen molar-refractivity contribution in [2.24, 2.45) is 5.92 Å². The second kappa shape index (κ2) is 9.70. The predicted octanol–water partition coefficient (Wildman–Crippen LogP) is 2.92. The van der Waals surface area contributed by atoms with Gasteiger partial charge in [-0.05, 0) is 37.7 Å². The molecule has 3 aliphatic rings. The average Bonchev–Trinajstić information content (AvgIpc) is 3.26. The normalized spacial score (nSPS) is 25.7. The third kappa shape index (κ3) is 4.65. The summed E-state index contributed by atoms with van der Waals surface area (Å²) in [6.07, 6.45) is 4.68. The number of carbonyl (C=O) groups is 2. The van der Waals surface area contributed by atoms with Crippen molar-refractivity contribution in [2.45, 2.75) is 64.1 Å². The minimum Gasteiger partial charge on any atom is -0.379 e. The van der Waals surface area contributed by atoms with Crippen LogP contribution >= 0.6 is 0 Å². The molecule has 0 N–H and O–H groups in total. The highest BCUT2D eigenvalue weighted by Crippen LogP contribution is 2.36. The molecule has 3 fully saturated rings. The summed E-state index contributed by atoms with van der Waals surface area (Å²) in [4.78, 5) is 32.4. The van der Waals surface area contributed by atoms with Crippen molar-refractivity contribution < 1.29 is 14.3 Å². The van der Waals surface area contributed by atoms with Gasteiger partial charge >= 0.3 is 0 Å². The van der Waals surface area contributed by atoms with Crippen molar-refractivity contribution >= 4 is 11.8 Å². The molecule has 6 heteroatoms. The molecule has 31 heavy (non-hydrogen) atoms. The van der Waals surface area contributed by atoms with Crippen LogP contribution in [0.5, 0.6) is 0 Å². The molecule has 3 heterocycles. The Morgan fingerprint density at radius 2 is 1.87 bits per heavy atom. The molecule has 170 valence electrons. The van der Waals surface area contributed by atoms with E-state index in [0.29, 0.717) is 31.6 Å². The number of piperazine rings is 1. The van der Waals surface area contributed by atoms with Gasteiger partial charge < -0.3 is 14.5 Å². The number of carbonyl (C=O) groups excluding carboxylic acids is 2. The monoisotopic (exact) mass is 427 g/mol. The number of ether oxygens (including phenoxy) is 1. The van der Waals surface area contributed by atoms with E-state index >= 15 is 0 Å². The summed E-state index contributed by atoms with van der Waals surface area (Å²) in [5, 5.41) is 0. The molecule has 0 aliphatic carbocycles. The molecule has 1 unspecified atom stereocenters. The number of hydrogen-bond donors (Lipinski definition) is 0. The van der Waals surface area contributed by atoms with Crippen LogP contribution in [-0.4, -0.2) is 77.5 Å². The molecule has 6 nitrogen and oxygen atoms in total. The Labute approximate surface area is 186 Å². The highest BCUT2D eigenvalue weighted by Gasteiger charge is 2.50. The first-order chi connectivity index (χ1) is 15.1. The largest absolute Gasteiger partial charge is 0.379 e. The topological polar surface area (TPSA) is 53.1 Å². The van der Waals surface area contributed by atoms with Crippen molar-refractivity contribution in [2.75, 3.05) is 39.4 Å². The number of piperidine rings is 1. The molecular formula is C25H37N3O3. The fourth-order valence-electron chi connectivity index (χ4n) is 5.65. The van der Waals surface area contributed by atoms with Gasteiger partial charge in [-0.3, -0.25) is 14.5 Å². The van der Waals surface area contributed by atoms with Crippen molar-refractivity contribution in [3.63, 3.8) is 0 Å². The average molecular weight is 428 g/mol. The summed E-state index contributed by atoms with van der Waals surface area (Å²) in [5.74, 6) is 0.664. The first-order valence-electron chi connectivity index (χ1n) is 12.0. The SMILES string of the molecule is CCC(CC)C(=O)N1CCC(N2CC(=O)N(Cc3ccccc3)CC23CCOC3)CC1. The van der Waals surface area contributed by atoms with E-state index in [9.17, 15) is 9.59 Å². The number of benzene rings is 1. The molecule has 1 aromatic rings. The van der Waals surface area contributed by atoms with E-state index in [2.05, 4.69) is 35.8 Å². The lowest BCUT2D eigenvalue weighted by Gasteiger charge is -2.52. The van der Waals surface area contributed by atoms with Gasteiger partial charge in [-0.1, -0.05) is 44.2 Å². The molecule has 1 atom stereocenters. The maximum absolute atomic E-state index is 13.1. The number of nitrogens with zero attached hydrogens (tertiary/aromatic N) is 3. The summed E-state index contributed by atoms with van der Waals surface area (Å²) in [5.41, 5.74) is 1.08. The van der Waals surface area contributed by atoms with Crippen LogP contribution in [0, 0.1) is 5.92 Å². The molecule has 2 amide bonds. The maximum atomic E-state index is 13.1. The second-order valence-electron chi connectivity index (χ2n) is 9.46. The molecular weight excluding hydrogens is 390 g/mol. The molecule has 1 aromatic carbocycles. The van der Waals surface area contributed by atoms with Crippen LogP contribution in [0.25, 0.3) is 0 Å². The minimum atomic E-state index is -0.0884. The van der Waals surface area contributed by atoms with Crippen LogP contribution in [0.4, 0.5) is 0 Å². The zero-order valence-electron chi connectivity index (χ0n) is 19.1. The number of hydrogen-bond acceptors (Lipinski definition) is 4. The fraction of sp³-hybridized carbons (Fsp3) is 0.680. The number of likely N-dealkylation sites (tertiary alicyclic amines) is 1. The van der Waals surface area contributed by atoms with Crippen LogP contribution in [-0.2, 0) is 20.9 Å². The van der Waals surface area contributed by atoms with Gasteiger partial charge in [0.25, 0.3) is 0 Å². The summed E-state index contributed by atoms with van der Waals surface area (Å²) >= 11 is 0. The minimum absolute atomic E-state index is 0.0884. The van der Waals surface area contributed by atoms with Crippen molar-refractivity contribution in [1.29, 1.82) is 0 Å². The predicted molar refractivity (Wildman–Crippen MR) is 120 cm³/mol. The highest BCUT2D eigenvalue weighted by molar-refractivity contribution is 5.80. The Morgan fingerprint density at radius 1 is 1.16 bits per heavy atom. The zero-order valence-corrected chi connectivity index (χ0v) is 19.1. The zero-order chi connectivity index (χ0) is 21.8. The Balaban J connectivity index is 1.43. The van der Waals surface area contributed by atoms with Crippen LogP contribution in [0.2, 0.25) is 0 Å². The first kappa shape index (κ1) is 22.3. The van der Waals surface area contributed by atoms with E-state index in [1.165, 1.54) is 5.56 Å². The van der Waals surface area contributed by atoms with Gasteiger partial charge in [-0.2, -0.15) is 0 Å². The quantitative estimate of drug-likeness (QED) is 0.701.